The third-order valence-corrected chi connectivity index (χ3v) is 3.47. The van der Waals surface area contributed by atoms with Gasteiger partial charge in [-0.2, -0.15) is 0 Å². The van der Waals surface area contributed by atoms with Gasteiger partial charge in [0.05, 0.1) is 0 Å². The predicted molar refractivity (Wildman–Crippen MR) is 72.0 cm³/mol. The maximum absolute atomic E-state index is 3.12. The zero-order chi connectivity index (χ0) is 11.2. The summed E-state index contributed by atoms with van der Waals surface area (Å²) in [6.07, 6.45) is 0. The molecule has 2 aromatic rings. The summed E-state index contributed by atoms with van der Waals surface area (Å²) in [6, 6.07) is 19.1. The molecule has 0 spiro atoms. The first-order valence-electron chi connectivity index (χ1n) is 5.33. The maximum Gasteiger partial charge on any atom is 0.0337 e. The van der Waals surface area contributed by atoms with E-state index in [-0.39, 0.29) is 0 Å². The highest BCUT2D eigenvalue weighted by Gasteiger charge is 1.95. The fourth-order valence-corrected chi connectivity index (χ4v) is 2.33. The van der Waals surface area contributed by atoms with Gasteiger partial charge in [0.2, 0.25) is 0 Å². The molecule has 0 saturated carbocycles. The number of nitrogens with one attached hydrogen (secondary N) is 1. The summed E-state index contributed by atoms with van der Waals surface area (Å²) in [6.45, 7) is 0. The predicted octanol–water partition coefficient (Wildman–Crippen LogP) is 4.02. The van der Waals surface area contributed by atoms with Gasteiger partial charge in [0.25, 0.3) is 0 Å². The van der Waals surface area contributed by atoms with Crippen molar-refractivity contribution >= 4 is 17.4 Å². The molecule has 1 nitrogen and oxygen atoms in total. The monoisotopic (exact) mass is 229 g/mol. The van der Waals surface area contributed by atoms with Gasteiger partial charge in [-0.1, -0.05) is 30.3 Å². The fourth-order valence-electron chi connectivity index (χ4n) is 1.45. The Morgan fingerprint density at radius 2 is 1.62 bits per heavy atom. The van der Waals surface area contributed by atoms with Gasteiger partial charge in [0.15, 0.2) is 0 Å². The van der Waals surface area contributed by atoms with E-state index in [1.54, 1.807) is 0 Å². The summed E-state index contributed by atoms with van der Waals surface area (Å²) in [7, 11) is 1.94. The number of benzene rings is 2. The lowest BCUT2D eigenvalue weighted by molar-refractivity contribution is 1.37. The van der Waals surface area contributed by atoms with Crippen molar-refractivity contribution in [3.8, 4) is 0 Å². The fraction of sp³-hybridized carbons (Fsp3) is 0.143. The van der Waals surface area contributed by atoms with Gasteiger partial charge < -0.3 is 5.32 Å². The molecule has 2 aromatic carbocycles. The van der Waals surface area contributed by atoms with E-state index < -0.39 is 0 Å². The minimum atomic E-state index is 1.02. The standard InChI is InChI=1S/C14H15NS/c1-15-13-9-7-12(8-10-13)11-16-14-5-3-2-4-6-14/h2-10,15H,11H2,1H3. The molecule has 1 N–H and O–H groups in total. The minimum absolute atomic E-state index is 1.02. The van der Waals surface area contributed by atoms with Crippen molar-refractivity contribution in [2.45, 2.75) is 10.6 Å². The normalized spacial score (nSPS) is 10.1. The second-order valence-corrected chi connectivity index (χ2v) is 4.60. The molecule has 0 aliphatic carbocycles. The van der Waals surface area contributed by atoms with E-state index in [1.807, 2.05) is 24.9 Å². The second-order valence-electron chi connectivity index (χ2n) is 3.55. The van der Waals surface area contributed by atoms with Crippen LogP contribution in [0.25, 0.3) is 0 Å². The van der Waals surface area contributed by atoms with Crippen LogP contribution in [0.1, 0.15) is 5.56 Å². The van der Waals surface area contributed by atoms with Crippen molar-refractivity contribution in [2.75, 3.05) is 12.4 Å². The number of rotatable bonds is 4. The summed E-state index contributed by atoms with van der Waals surface area (Å²) < 4.78 is 0. The lowest BCUT2D eigenvalue weighted by Crippen LogP contribution is -1.87. The van der Waals surface area contributed by atoms with Crippen LogP contribution in [0.15, 0.2) is 59.5 Å². The molecule has 0 amide bonds. The topological polar surface area (TPSA) is 12.0 Å². The zero-order valence-corrected chi connectivity index (χ0v) is 10.1. The Bertz CT molecular complexity index is 422. The minimum Gasteiger partial charge on any atom is -0.388 e. The Morgan fingerprint density at radius 3 is 2.25 bits per heavy atom. The third kappa shape index (κ3) is 3.04. The molecule has 0 saturated heterocycles. The SMILES string of the molecule is CNc1ccc(CSc2ccccc2)cc1. The lowest BCUT2D eigenvalue weighted by Gasteiger charge is -2.03. The summed E-state index contributed by atoms with van der Waals surface area (Å²) in [5, 5.41) is 3.12. The average Bonchev–Trinajstić information content (AvgIpc) is 2.38. The van der Waals surface area contributed by atoms with Crippen LogP contribution >= 0.6 is 11.8 Å². The van der Waals surface area contributed by atoms with Crippen LogP contribution in [0.2, 0.25) is 0 Å². The van der Waals surface area contributed by atoms with E-state index in [1.165, 1.54) is 10.5 Å². The Kier molecular flexibility index (Phi) is 3.89. The van der Waals surface area contributed by atoms with E-state index in [2.05, 4.69) is 53.8 Å². The molecule has 0 aliphatic rings. The lowest BCUT2D eigenvalue weighted by atomic mass is 10.2. The summed E-state index contributed by atoms with van der Waals surface area (Å²) in [4.78, 5) is 1.32. The van der Waals surface area contributed by atoms with Gasteiger partial charge in [-0.25, -0.2) is 0 Å². The smallest absolute Gasteiger partial charge is 0.0337 e. The number of anilines is 1. The molecule has 2 rings (SSSR count). The van der Waals surface area contributed by atoms with E-state index >= 15 is 0 Å². The summed E-state index contributed by atoms with van der Waals surface area (Å²) >= 11 is 1.87. The van der Waals surface area contributed by atoms with Crippen molar-refractivity contribution in [2.24, 2.45) is 0 Å². The highest BCUT2D eigenvalue weighted by atomic mass is 32.2. The average molecular weight is 229 g/mol. The van der Waals surface area contributed by atoms with E-state index in [0.29, 0.717) is 0 Å². The van der Waals surface area contributed by atoms with Gasteiger partial charge in [-0.15, -0.1) is 11.8 Å². The van der Waals surface area contributed by atoms with Gasteiger partial charge in [-0.3, -0.25) is 0 Å². The highest BCUT2D eigenvalue weighted by molar-refractivity contribution is 7.98. The van der Waals surface area contributed by atoms with Crippen LogP contribution in [0, 0.1) is 0 Å². The molecule has 2 heteroatoms. The molecular weight excluding hydrogens is 214 g/mol. The maximum atomic E-state index is 3.12. The molecule has 0 bridgehead atoms. The Balaban J connectivity index is 1.94. The molecule has 0 unspecified atom stereocenters. The molecule has 16 heavy (non-hydrogen) atoms. The van der Waals surface area contributed by atoms with Gasteiger partial charge in [0.1, 0.15) is 0 Å². The van der Waals surface area contributed by atoms with E-state index in [9.17, 15) is 0 Å². The molecule has 0 fully saturated rings. The van der Waals surface area contributed by atoms with Crippen molar-refractivity contribution in [3.63, 3.8) is 0 Å². The second kappa shape index (κ2) is 5.61. The van der Waals surface area contributed by atoms with Crippen molar-refractivity contribution in [1.82, 2.24) is 0 Å². The Hall–Kier alpha value is -1.41. The van der Waals surface area contributed by atoms with Crippen molar-refractivity contribution in [3.05, 3.63) is 60.2 Å². The Labute approximate surface area is 101 Å². The highest BCUT2D eigenvalue weighted by Crippen LogP contribution is 2.22. The van der Waals surface area contributed by atoms with E-state index in [0.717, 1.165) is 11.4 Å². The number of thioether (sulfide) groups is 1. The molecular formula is C14H15NS. The molecule has 0 aromatic heterocycles. The first-order chi connectivity index (χ1) is 7.88. The third-order valence-electron chi connectivity index (χ3n) is 2.39. The van der Waals surface area contributed by atoms with Crippen LogP contribution in [0.4, 0.5) is 5.69 Å². The number of hydrogen-bond acceptors (Lipinski definition) is 2. The summed E-state index contributed by atoms with van der Waals surface area (Å²) in [5.41, 5.74) is 2.52. The quantitative estimate of drug-likeness (QED) is 0.795. The van der Waals surface area contributed by atoms with Crippen molar-refractivity contribution in [1.29, 1.82) is 0 Å². The zero-order valence-electron chi connectivity index (χ0n) is 9.31. The number of hydrogen-bond donors (Lipinski definition) is 1. The van der Waals surface area contributed by atoms with E-state index in [4.69, 9.17) is 0 Å². The molecule has 0 aliphatic heterocycles. The van der Waals surface area contributed by atoms with Crippen LogP contribution in [0.5, 0.6) is 0 Å². The van der Waals surface area contributed by atoms with Crippen LogP contribution in [0.3, 0.4) is 0 Å². The Morgan fingerprint density at radius 1 is 0.938 bits per heavy atom. The first-order valence-corrected chi connectivity index (χ1v) is 6.31. The van der Waals surface area contributed by atoms with Crippen LogP contribution in [-0.4, -0.2) is 7.05 Å². The molecule has 0 radical (unpaired) electrons. The van der Waals surface area contributed by atoms with Gasteiger partial charge in [-0.05, 0) is 29.8 Å². The van der Waals surface area contributed by atoms with Crippen molar-refractivity contribution < 1.29 is 0 Å². The van der Waals surface area contributed by atoms with Gasteiger partial charge >= 0.3 is 0 Å². The van der Waals surface area contributed by atoms with Crippen LogP contribution < -0.4 is 5.32 Å². The van der Waals surface area contributed by atoms with Gasteiger partial charge in [0, 0.05) is 23.4 Å². The molecule has 0 heterocycles. The first kappa shape index (κ1) is 11.1. The molecule has 82 valence electrons. The largest absolute Gasteiger partial charge is 0.388 e. The summed E-state index contributed by atoms with van der Waals surface area (Å²) in [5.74, 6) is 1.02. The van der Waals surface area contributed by atoms with Crippen LogP contribution in [-0.2, 0) is 5.75 Å². The molecule has 0 atom stereocenters.